The molecule has 78 valence electrons. The van der Waals surface area contributed by atoms with Crippen LogP contribution >= 0.6 is 0 Å². The van der Waals surface area contributed by atoms with Gasteiger partial charge in [0.05, 0.1) is 6.20 Å². The number of nitrogens with zero attached hydrogens (tertiary/aromatic N) is 2. The van der Waals surface area contributed by atoms with E-state index < -0.39 is 0 Å². The zero-order chi connectivity index (χ0) is 9.97. The topological polar surface area (TPSA) is 57.9 Å². The lowest BCUT2D eigenvalue weighted by Gasteiger charge is -2.14. The third kappa shape index (κ3) is 1.75. The van der Waals surface area contributed by atoms with Gasteiger partial charge < -0.3 is 15.6 Å². The van der Waals surface area contributed by atoms with E-state index in [0.29, 0.717) is 5.92 Å². The van der Waals surface area contributed by atoms with E-state index in [-0.39, 0.29) is 0 Å². The molecule has 0 saturated carbocycles. The molecule has 3 N–H and O–H groups in total. The summed E-state index contributed by atoms with van der Waals surface area (Å²) < 4.78 is 0. The van der Waals surface area contributed by atoms with Crippen molar-refractivity contribution in [3.05, 3.63) is 11.9 Å². The van der Waals surface area contributed by atoms with Gasteiger partial charge in [0.25, 0.3) is 0 Å². The number of anilines is 1. The molecule has 2 heterocycles. The molecule has 0 amide bonds. The molecule has 1 aromatic rings. The minimum Gasteiger partial charge on any atom is -0.342 e. The maximum absolute atomic E-state index is 5.65. The summed E-state index contributed by atoms with van der Waals surface area (Å²) in [4.78, 5) is 9.98. The Labute approximate surface area is 84.5 Å². The Morgan fingerprint density at radius 3 is 3.14 bits per heavy atom. The zero-order valence-electron chi connectivity index (χ0n) is 8.66. The highest BCUT2D eigenvalue weighted by Crippen LogP contribution is 2.20. The van der Waals surface area contributed by atoms with Crippen molar-refractivity contribution >= 4 is 5.95 Å². The first-order chi connectivity index (χ1) is 6.83. The van der Waals surface area contributed by atoms with Crippen LogP contribution in [0.25, 0.3) is 0 Å². The minimum atomic E-state index is 0.644. The number of aryl methyl sites for hydroxylation is 1. The second-order valence-corrected chi connectivity index (χ2v) is 3.92. The molecule has 0 bridgehead atoms. The second-order valence-electron chi connectivity index (χ2n) is 3.92. The van der Waals surface area contributed by atoms with Crippen LogP contribution in [-0.4, -0.2) is 29.6 Å². The van der Waals surface area contributed by atoms with Crippen molar-refractivity contribution in [2.45, 2.75) is 19.8 Å². The monoisotopic (exact) mass is 194 g/mol. The minimum absolute atomic E-state index is 0.644. The largest absolute Gasteiger partial charge is 0.342 e. The first kappa shape index (κ1) is 9.52. The molecular weight excluding hydrogens is 176 g/mol. The molecule has 0 aromatic carbocycles. The Hall–Kier alpha value is -1.03. The number of imidazole rings is 1. The third-order valence-corrected chi connectivity index (χ3v) is 2.91. The zero-order valence-corrected chi connectivity index (χ0v) is 8.66. The van der Waals surface area contributed by atoms with Gasteiger partial charge in [0.15, 0.2) is 0 Å². The van der Waals surface area contributed by atoms with Gasteiger partial charge in [-0.15, -0.1) is 0 Å². The maximum atomic E-state index is 5.65. The van der Waals surface area contributed by atoms with Crippen LogP contribution in [0.5, 0.6) is 0 Å². The fraction of sp³-hybridized carbons (Fsp3) is 0.700. The predicted octanol–water partition coefficient (Wildman–Crippen LogP) is 0.757. The Morgan fingerprint density at radius 1 is 1.71 bits per heavy atom. The standard InChI is InChI=1S/C10H18N4/c1-2-9-6-12-10(13-9)14-4-3-8(5-11)7-14/h6,8H,2-5,7,11H2,1H3,(H,12,13). The molecule has 0 aliphatic carbocycles. The van der Waals surface area contributed by atoms with Crippen molar-refractivity contribution in [1.82, 2.24) is 9.97 Å². The number of nitrogens with one attached hydrogen (secondary N) is 1. The Bertz CT molecular complexity index is 294. The summed E-state index contributed by atoms with van der Waals surface area (Å²) in [5.41, 5.74) is 6.85. The molecule has 0 spiro atoms. The summed E-state index contributed by atoms with van der Waals surface area (Å²) in [5.74, 6) is 1.66. The van der Waals surface area contributed by atoms with E-state index in [1.165, 1.54) is 12.1 Å². The van der Waals surface area contributed by atoms with E-state index in [9.17, 15) is 0 Å². The predicted molar refractivity (Wildman–Crippen MR) is 57.3 cm³/mol. The van der Waals surface area contributed by atoms with Crippen molar-refractivity contribution in [2.75, 3.05) is 24.5 Å². The van der Waals surface area contributed by atoms with Gasteiger partial charge in [-0.3, -0.25) is 0 Å². The molecule has 1 unspecified atom stereocenters. The van der Waals surface area contributed by atoms with Gasteiger partial charge in [-0.2, -0.15) is 0 Å². The van der Waals surface area contributed by atoms with Crippen LogP contribution in [-0.2, 0) is 6.42 Å². The van der Waals surface area contributed by atoms with Gasteiger partial charge in [-0.1, -0.05) is 6.92 Å². The van der Waals surface area contributed by atoms with E-state index in [1.807, 2.05) is 6.20 Å². The average molecular weight is 194 g/mol. The van der Waals surface area contributed by atoms with Gasteiger partial charge >= 0.3 is 0 Å². The summed E-state index contributed by atoms with van der Waals surface area (Å²) in [5, 5.41) is 0. The normalized spacial score (nSPS) is 21.9. The van der Waals surface area contributed by atoms with Crippen LogP contribution in [0.3, 0.4) is 0 Å². The van der Waals surface area contributed by atoms with E-state index in [0.717, 1.165) is 32.0 Å². The molecule has 1 aliphatic heterocycles. The maximum Gasteiger partial charge on any atom is 0.202 e. The van der Waals surface area contributed by atoms with Gasteiger partial charge in [0, 0.05) is 18.8 Å². The first-order valence-electron chi connectivity index (χ1n) is 5.32. The van der Waals surface area contributed by atoms with E-state index in [2.05, 4.69) is 21.8 Å². The fourth-order valence-corrected chi connectivity index (χ4v) is 1.91. The highest BCUT2D eigenvalue weighted by Gasteiger charge is 2.22. The molecule has 1 aromatic heterocycles. The van der Waals surface area contributed by atoms with Crippen molar-refractivity contribution in [2.24, 2.45) is 11.7 Å². The Balaban J connectivity index is 2.02. The Kier molecular flexibility index (Phi) is 2.72. The number of hydrogen-bond acceptors (Lipinski definition) is 3. The summed E-state index contributed by atoms with van der Waals surface area (Å²) in [6, 6.07) is 0. The second kappa shape index (κ2) is 4.00. The van der Waals surface area contributed by atoms with E-state index in [4.69, 9.17) is 5.73 Å². The molecule has 4 nitrogen and oxygen atoms in total. The number of nitrogens with two attached hydrogens (primary N) is 1. The summed E-state index contributed by atoms with van der Waals surface area (Å²) in [6.45, 7) is 5.05. The lowest BCUT2D eigenvalue weighted by molar-refractivity contribution is 0.602. The van der Waals surface area contributed by atoms with Gasteiger partial charge in [0.1, 0.15) is 0 Å². The van der Waals surface area contributed by atoms with Gasteiger partial charge in [0.2, 0.25) is 5.95 Å². The SMILES string of the molecule is CCc1cnc(N2CCC(CN)C2)[nH]1. The molecule has 14 heavy (non-hydrogen) atoms. The summed E-state index contributed by atoms with van der Waals surface area (Å²) >= 11 is 0. The quantitative estimate of drug-likeness (QED) is 0.746. The van der Waals surface area contributed by atoms with Crippen LogP contribution in [0, 0.1) is 5.92 Å². The van der Waals surface area contributed by atoms with E-state index in [1.54, 1.807) is 0 Å². The van der Waals surface area contributed by atoms with Crippen molar-refractivity contribution in [3.8, 4) is 0 Å². The van der Waals surface area contributed by atoms with Crippen LogP contribution in [0.4, 0.5) is 5.95 Å². The molecular formula is C10H18N4. The van der Waals surface area contributed by atoms with Crippen molar-refractivity contribution in [3.63, 3.8) is 0 Å². The average Bonchev–Trinajstić information content (AvgIpc) is 2.86. The third-order valence-electron chi connectivity index (χ3n) is 2.91. The first-order valence-corrected chi connectivity index (χ1v) is 5.32. The number of hydrogen-bond donors (Lipinski definition) is 2. The molecule has 1 atom stereocenters. The van der Waals surface area contributed by atoms with Crippen LogP contribution in [0.1, 0.15) is 19.0 Å². The lowest BCUT2D eigenvalue weighted by Crippen LogP contribution is -2.23. The highest BCUT2D eigenvalue weighted by atomic mass is 15.3. The molecule has 1 saturated heterocycles. The number of rotatable bonds is 3. The van der Waals surface area contributed by atoms with Gasteiger partial charge in [-0.25, -0.2) is 4.98 Å². The fourth-order valence-electron chi connectivity index (χ4n) is 1.91. The molecule has 1 fully saturated rings. The van der Waals surface area contributed by atoms with Crippen LogP contribution < -0.4 is 10.6 Å². The molecule has 1 aliphatic rings. The van der Waals surface area contributed by atoms with Crippen molar-refractivity contribution in [1.29, 1.82) is 0 Å². The molecule has 2 rings (SSSR count). The smallest absolute Gasteiger partial charge is 0.202 e. The highest BCUT2D eigenvalue weighted by molar-refractivity contribution is 5.33. The van der Waals surface area contributed by atoms with Crippen molar-refractivity contribution < 1.29 is 0 Å². The van der Waals surface area contributed by atoms with Crippen LogP contribution in [0.15, 0.2) is 6.20 Å². The summed E-state index contributed by atoms with van der Waals surface area (Å²) in [6.07, 6.45) is 4.13. The van der Waals surface area contributed by atoms with E-state index >= 15 is 0 Å². The molecule has 4 heteroatoms. The number of aromatic nitrogens is 2. The van der Waals surface area contributed by atoms with Gasteiger partial charge in [-0.05, 0) is 25.3 Å². The number of aromatic amines is 1. The Morgan fingerprint density at radius 2 is 2.57 bits per heavy atom. The molecule has 0 radical (unpaired) electrons. The summed E-state index contributed by atoms with van der Waals surface area (Å²) in [7, 11) is 0. The van der Waals surface area contributed by atoms with Crippen LogP contribution in [0.2, 0.25) is 0 Å². The number of H-pyrrole nitrogens is 1. The lowest BCUT2D eigenvalue weighted by atomic mass is 10.1.